The second-order valence-corrected chi connectivity index (χ2v) is 29.5. The quantitative estimate of drug-likeness (QED) is 0.545. The van der Waals surface area contributed by atoms with Crippen molar-refractivity contribution < 1.29 is 9.53 Å². The zero-order valence-electron chi connectivity index (χ0n) is 11.3. The number of hydrogen-bond acceptors (Lipinski definition) is 2. The predicted molar refractivity (Wildman–Crippen MR) is 88.1 cm³/mol. The van der Waals surface area contributed by atoms with E-state index in [1.54, 1.807) is 13.2 Å². The summed E-state index contributed by atoms with van der Waals surface area (Å²) in [6, 6.07) is 5.68. The van der Waals surface area contributed by atoms with E-state index < -0.39 is 13.8 Å². The van der Waals surface area contributed by atoms with E-state index in [1.165, 1.54) is 3.62 Å². The summed E-state index contributed by atoms with van der Waals surface area (Å²) in [5, 5.41) is 0. The molecule has 1 aliphatic rings. The average molecular weight is 504 g/mol. The van der Waals surface area contributed by atoms with Gasteiger partial charge >= 0.3 is 131 Å². The number of allylic oxidation sites excluding steroid dienone is 2. The average Bonchev–Trinajstić information content (AvgIpc) is 2.32. The normalized spacial score (nSPS) is 19.5. The molecule has 0 saturated carbocycles. The van der Waals surface area contributed by atoms with E-state index in [2.05, 4.69) is 46.3 Å². The van der Waals surface area contributed by atoms with Crippen LogP contribution < -0.4 is 8.35 Å². The van der Waals surface area contributed by atoms with Crippen LogP contribution >= 0.6 is 25.5 Å². The fourth-order valence-corrected chi connectivity index (χ4v) is 19.0. The standard InChI is InChI=1S/C14H16Br2O2Te/c1-14(2,3)13-8-11(17)10-6-5-9(18-4)7-12(10)19(13,15)16/h5-8H,1-4H3. The predicted octanol–water partition coefficient (Wildman–Crippen LogP) is 3.84. The molecule has 0 unspecified atom stereocenters. The zero-order valence-corrected chi connectivity index (χ0v) is 16.8. The molecular formula is C14H16Br2O2Te. The van der Waals surface area contributed by atoms with Gasteiger partial charge in [-0.15, -0.1) is 0 Å². The van der Waals surface area contributed by atoms with Crippen LogP contribution in [0.2, 0.25) is 0 Å². The molecular weight excluding hydrogens is 488 g/mol. The van der Waals surface area contributed by atoms with Crippen molar-refractivity contribution in [1.82, 2.24) is 0 Å². The van der Waals surface area contributed by atoms with Crippen molar-refractivity contribution in [3.8, 4) is 5.75 Å². The van der Waals surface area contributed by atoms with Crippen molar-refractivity contribution in [3.63, 3.8) is 0 Å². The summed E-state index contributed by atoms with van der Waals surface area (Å²) >= 11 is 5.04. The van der Waals surface area contributed by atoms with E-state index in [0.717, 1.165) is 14.9 Å². The Labute approximate surface area is 130 Å². The Morgan fingerprint density at radius 1 is 1.21 bits per heavy atom. The number of carbonyl (C=O) groups excluding carboxylic acids is 1. The van der Waals surface area contributed by atoms with E-state index in [-0.39, 0.29) is 11.2 Å². The minimum atomic E-state index is -2.79. The molecule has 1 heterocycles. The molecule has 1 aliphatic heterocycles. The molecule has 5 heteroatoms. The maximum absolute atomic E-state index is 12.3. The van der Waals surface area contributed by atoms with Gasteiger partial charge in [0.25, 0.3) is 0 Å². The van der Waals surface area contributed by atoms with Gasteiger partial charge in [-0.3, -0.25) is 0 Å². The summed E-state index contributed by atoms with van der Waals surface area (Å²) in [5.74, 6) is 0.875. The van der Waals surface area contributed by atoms with Crippen LogP contribution in [0.4, 0.5) is 0 Å². The van der Waals surface area contributed by atoms with Crippen LogP contribution in [0.3, 0.4) is 0 Å². The van der Waals surface area contributed by atoms with E-state index in [9.17, 15) is 4.79 Å². The second kappa shape index (κ2) is 5.18. The number of carbonyl (C=O) groups is 1. The van der Waals surface area contributed by atoms with Crippen LogP contribution in [0.5, 0.6) is 5.75 Å². The first-order valence-electron chi connectivity index (χ1n) is 5.85. The molecule has 0 aromatic heterocycles. The van der Waals surface area contributed by atoms with Crippen LogP contribution in [0.1, 0.15) is 31.1 Å². The van der Waals surface area contributed by atoms with Crippen LogP contribution in [0.15, 0.2) is 27.9 Å². The number of methoxy groups -OCH3 is 1. The number of halogens is 2. The monoisotopic (exact) mass is 504 g/mol. The van der Waals surface area contributed by atoms with Gasteiger partial charge in [-0.2, -0.15) is 0 Å². The van der Waals surface area contributed by atoms with Gasteiger partial charge in [-0.25, -0.2) is 0 Å². The summed E-state index contributed by atoms with van der Waals surface area (Å²) in [6.07, 6.45) is 1.80. The van der Waals surface area contributed by atoms with Gasteiger partial charge in [0.15, 0.2) is 0 Å². The number of benzene rings is 1. The number of rotatable bonds is 1. The Balaban J connectivity index is 2.67. The molecule has 0 amide bonds. The molecule has 2 rings (SSSR count). The summed E-state index contributed by atoms with van der Waals surface area (Å²) in [6.45, 7) is 6.42. The van der Waals surface area contributed by atoms with Gasteiger partial charge in [-0.1, -0.05) is 0 Å². The SMILES string of the molecule is COc1ccc2c(c1)[Te](Br)(Br)C(C(C)(C)C)=CC2=O. The number of ether oxygens (including phenoxy) is 1. The van der Waals surface area contributed by atoms with E-state index in [1.807, 2.05) is 18.2 Å². The van der Waals surface area contributed by atoms with E-state index in [4.69, 9.17) is 4.74 Å². The first-order chi connectivity index (χ1) is 8.67. The Morgan fingerprint density at radius 2 is 1.84 bits per heavy atom. The topological polar surface area (TPSA) is 26.3 Å². The number of hydrogen-bond donors (Lipinski definition) is 0. The molecule has 0 fully saturated rings. The Hall–Kier alpha value is 0.180. The van der Waals surface area contributed by atoms with Crippen molar-refractivity contribution >= 4 is 48.7 Å². The molecule has 19 heavy (non-hydrogen) atoms. The van der Waals surface area contributed by atoms with Crippen molar-refractivity contribution in [2.45, 2.75) is 20.8 Å². The molecule has 0 spiro atoms. The fraction of sp³-hybridized carbons (Fsp3) is 0.357. The van der Waals surface area contributed by atoms with Crippen LogP contribution in [-0.2, 0) is 0 Å². The molecule has 0 radical (unpaired) electrons. The summed E-state index contributed by atoms with van der Waals surface area (Å²) in [4.78, 5) is 12.3. The van der Waals surface area contributed by atoms with Gasteiger partial charge in [0.05, 0.1) is 0 Å². The molecule has 0 saturated heterocycles. The van der Waals surface area contributed by atoms with Crippen molar-refractivity contribution in [1.29, 1.82) is 0 Å². The molecule has 104 valence electrons. The molecule has 0 bridgehead atoms. The van der Waals surface area contributed by atoms with Crippen LogP contribution in [0.25, 0.3) is 0 Å². The van der Waals surface area contributed by atoms with Crippen molar-refractivity contribution in [2.75, 3.05) is 7.11 Å². The third-order valence-electron chi connectivity index (χ3n) is 3.01. The summed E-state index contributed by atoms with van der Waals surface area (Å²) < 4.78 is 7.57. The van der Waals surface area contributed by atoms with Gasteiger partial charge < -0.3 is 0 Å². The maximum atomic E-state index is 12.3. The van der Waals surface area contributed by atoms with Gasteiger partial charge in [-0.05, 0) is 0 Å². The Bertz CT molecular complexity index is 571. The van der Waals surface area contributed by atoms with Crippen molar-refractivity contribution in [2.24, 2.45) is 5.41 Å². The Kier molecular flexibility index (Phi) is 4.25. The van der Waals surface area contributed by atoms with Gasteiger partial charge in [0.1, 0.15) is 0 Å². The molecule has 1 aromatic rings. The molecule has 2 nitrogen and oxygen atoms in total. The molecule has 0 N–H and O–H groups in total. The van der Waals surface area contributed by atoms with Crippen LogP contribution in [0, 0.1) is 5.41 Å². The first-order valence-corrected chi connectivity index (χ1v) is 18.6. The second-order valence-electron chi connectivity index (χ2n) is 5.45. The fourth-order valence-electron chi connectivity index (χ4n) is 2.04. The van der Waals surface area contributed by atoms with E-state index >= 15 is 0 Å². The van der Waals surface area contributed by atoms with E-state index in [0.29, 0.717) is 0 Å². The number of fused-ring (bicyclic) bond motifs is 1. The van der Waals surface area contributed by atoms with Gasteiger partial charge in [0.2, 0.25) is 0 Å². The third-order valence-corrected chi connectivity index (χ3v) is 18.6. The third kappa shape index (κ3) is 2.81. The molecule has 0 atom stereocenters. The summed E-state index contributed by atoms with van der Waals surface area (Å²) in [7, 11) is 1.64. The minimum absolute atomic E-state index is 0.0372. The zero-order chi connectivity index (χ0) is 14.4. The van der Waals surface area contributed by atoms with Crippen molar-refractivity contribution in [3.05, 3.63) is 33.5 Å². The Morgan fingerprint density at radius 3 is 2.37 bits per heavy atom. The number of ketones is 1. The van der Waals surface area contributed by atoms with Crippen LogP contribution in [-0.4, -0.2) is 26.7 Å². The summed E-state index contributed by atoms with van der Waals surface area (Å²) in [5.41, 5.74) is 0.744. The first kappa shape index (κ1) is 15.6. The molecule has 0 aliphatic carbocycles. The van der Waals surface area contributed by atoms with Gasteiger partial charge in [0, 0.05) is 0 Å². The molecule has 1 aromatic carbocycles.